The molecule has 2 heterocycles. The van der Waals surface area contributed by atoms with Crippen LogP contribution in [0.1, 0.15) is 11.3 Å². The van der Waals surface area contributed by atoms with Crippen LogP contribution >= 0.6 is 23.1 Å². The van der Waals surface area contributed by atoms with Crippen molar-refractivity contribution in [2.24, 2.45) is 4.99 Å². The SMILES string of the molecule is CSCC[C@@H]1COC(c2cccs2)=N1. The zero-order chi connectivity index (χ0) is 9.80. The van der Waals surface area contributed by atoms with Gasteiger partial charge in [-0.25, -0.2) is 4.99 Å². The van der Waals surface area contributed by atoms with E-state index < -0.39 is 0 Å². The Morgan fingerprint density at radius 3 is 3.36 bits per heavy atom. The van der Waals surface area contributed by atoms with Crippen LogP contribution < -0.4 is 0 Å². The molecule has 4 heteroatoms. The molecule has 1 aliphatic rings. The molecule has 2 rings (SSSR count). The Labute approximate surface area is 92.4 Å². The summed E-state index contributed by atoms with van der Waals surface area (Å²) in [5.74, 6) is 2.00. The molecule has 1 aliphatic heterocycles. The molecular formula is C10H13NOS2. The van der Waals surface area contributed by atoms with E-state index in [1.165, 1.54) is 0 Å². The number of thioether (sulfide) groups is 1. The lowest BCUT2D eigenvalue weighted by molar-refractivity contribution is 0.316. The fourth-order valence-corrected chi connectivity index (χ4v) is 2.53. The van der Waals surface area contributed by atoms with Crippen molar-refractivity contribution in [1.82, 2.24) is 0 Å². The molecule has 0 fully saturated rings. The Morgan fingerprint density at radius 1 is 1.71 bits per heavy atom. The Morgan fingerprint density at radius 2 is 2.64 bits per heavy atom. The van der Waals surface area contributed by atoms with Crippen molar-refractivity contribution in [3.63, 3.8) is 0 Å². The summed E-state index contributed by atoms with van der Waals surface area (Å²) in [6.07, 6.45) is 3.25. The molecule has 1 aromatic rings. The van der Waals surface area contributed by atoms with Crippen LogP contribution in [0.5, 0.6) is 0 Å². The lowest BCUT2D eigenvalue weighted by Gasteiger charge is -2.01. The van der Waals surface area contributed by atoms with E-state index in [1.54, 1.807) is 11.3 Å². The lowest BCUT2D eigenvalue weighted by Crippen LogP contribution is -2.06. The van der Waals surface area contributed by atoms with Crippen molar-refractivity contribution >= 4 is 29.0 Å². The molecule has 0 unspecified atom stereocenters. The van der Waals surface area contributed by atoms with E-state index in [0.717, 1.165) is 29.6 Å². The van der Waals surface area contributed by atoms with Crippen molar-refractivity contribution in [3.05, 3.63) is 22.4 Å². The van der Waals surface area contributed by atoms with Crippen LogP contribution in [0.2, 0.25) is 0 Å². The van der Waals surface area contributed by atoms with Gasteiger partial charge < -0.3 is 4.74 Å². The van der Waals surface area contributed by atoms with Crippen molar-refractivity contribution < 1.29 is 4.74 Å². The van der Waals surface area contributed by atoms with Gasteiger partial charge in [-0.3, -0.25) is 0 Å². The summed E-state index contributed by atoms with van der Waals surface area (Å²) in [6.45, 7) is 0.758. The van der Waals surface area contributed by atoms with Gasteiger partial charge in [-0.2, -0.15) is 11.8 Å². The van der Waals surface area contributed by atoms with Crippen molar-refractivity contribution in [2.75, 3.05) is 18.6 Å². The summed E-state index contributed by atoms with van der Waals surface area (Å²) in [4.78, 5) is 5.71. The molecule has 14 heavy (non-hydrogen) atoms. The average molecular weight is 227 g/mol. The van der Waals surface area contributed by atoms with Crippen LogP contribution in [0, 0.1) is 0 Å². The van der Waals surface area contributed by atoms with E-state index >= 15 is 0 Å². The highest BCUT2D eigenvalue weighted by Gasteiger charge is 2.19. The summed E-state index contributed by atoms with van der Waals surface area (Å²) in [6, 6.07) is 4.46. The van der Waals surface area contributed by atoms with Crippen LogP contribution in [0.3, 0.4) is 0 Å². The van der Waals surface area contributed by atoms with E-state index in [4.69, 9.17) is 4.74 Å². The molecule has 0 saturated carbocycles. The second kappa shape index (κ2) is 4.84. The minimum atomic E-state index is 0.375. The smallest absolute Gasteiger partial charge is 0.226 e. The minimum Gasteiger partial charge on any atom is -0.475 e. The number of hydrogen-bond acceptors (Lipinski definition) is 4. The zero-order valence-corrected chi connectivity index (χ0v) is 9.74. The summed E-state index contributed by atoms with van der Waals surface area (Å²) in [5.41, 5.74) is 0. The summed E-state index contributed by atoms with van der Waals surface area (Å²) >= 11 is 3.55. The third-order valence-electron chi connectivity index (χ3n) is 2.10. The highest BCUT2D eigenvalue weighted by Crippen LogP contribution is 2.18. The van der Waals surface area contributed by atoms with Crippen molar-refractivity contribution in [3.8, 4) is 0 Å². The third kappa shape index (κ3) is 2.30. The standard InChI is InChI=1S/C10H13NOS2/c1-13-6-4-8-7-12-10(11-8)9-3-2-5-14-9/h2-3,5,8H,4,6-7H2,1H3/t8-/m1/s1. The topological polar surface area (TPSA) is 21.6 Å². The van der Waals surface area contributed by atoms with Crippen LogP contribution in [-0.2, 0) is 4.74 Å². The first-order valence-corrected chi connectivity index (χ1v) is 6.91. The molecule has 1 aromatic heterocycles. The maximum absolute atomic E-state index is 5.56. The van der Waals surface area contributed by atoms with Gasteiger partial charge in [0.05, 0.1) is 10.9 Å². The first kappa shape index (κ1) is 10.1. The largest absolute Gasteiger partial charge is 0.475 e. The number of nitrogens with zero attached hydrogens (tertiary/aromatic N) is 1. The molecule has 0 spiro atoms. The van der Waals surface area contributed by atoms with E-state index in [-0.39, 0.29) is 0 Å². The quantitative estimate of drug-likeness (QED) is 0.788. The number of aliphatic imine (C=N–C) groups is 1. The molecule has 2 nitrogen and oxygen atoms in total. The molecule has 0 amide bonds. The van der Waals surface area contributed by atoms with Gasteiger partial charge in [-0.1, -0.05) is 6.07 Å². The molecule has 76 valence electrons. The highest BCUT2D eigenvalue weighted by atomic mass is 32.2. The predicted molar refractivity (Wildman–Crippen MR) is 63.6 cm³/mol. The van der Waals surface area contributed by atoms with Gasteiger partial charge in [-0.15, -0.1) is 11.3 Å². The fourth-order valence-electron chi connectivity index (χ4n) is 1.35. The fraction of sp³-hybridized carbons (Fsp3) is 0.500. The summed E-state index contributed by atoms with van der Waals surface area (Å²) < 4.78 is 5.56. The first-order chi connectivity index (χ1) is 6.90. The van der Waals surface area contributed by atoms with Crippen LogP contribution in [0.4, 0.5) is 0 Å². The van der Waals surface area contributed by atoms with Gasteiger partial charge >= 0.3 is 0 Å². The zero-order valence-electron chi connectivity index (χ0n) is 8.10. The molecule has 0 aromatic carbocycles. The van der Waals surface area contributed by atoms with E-state index in [1.807, 2.05) is 17.8 Å². The second-order valence-electron chi connectivity index (χ2n) is 3.16. The van der Waals surface area contributed by atoms with E-state index in [0.29, 0.717) is 6.04 Å². The van der Waals surface area contributed by atoms with Gasteiger partial charge in [0.1, 0.15) is 6.61 Å². The second-order valence-corrected chi connectivity index (χ2v) is 5.09. The molecule has 1 atom stereocenters. The van der Waals surface area contributed by atoms with E-state index in [2.05, 4.69) is 22.7 Å². The third-order valence-corrected chi connectivity index (χ3v) is 3.60. The van der Waals surface area contributed by atoms with Crippen molar-refractivity contribution in [1.29, 1.82) is 0 Å². The first-order valence-electron chi connectivity index (χ1n) is 4.63. The van der Waals surface area contributed by atoms with Gasteiger partial charge in [0.15, 0.2) is 0 Å². The number of thiophene rings is 1. The van der Waals surface area contributed by atoms with Crippen molar-refractivity contribution in [2.45, 2.75) is 12.5 Å². The van der Waals surface area contributed by atoms with Crippen LogP contribution in [-0.4, -0.2) is 30.6 Å². The molecule has 0 aliphatic carbocycles. The Balaban J connectivity index is 1.96. The van der Waals surface area contributed by atoms with E-state index in [9.17, 15) is 0 Å². The van der Waals surface area contributed by atoms with Crippen LogP contribution in [0.25, 0.3) is 0 Å². The molecule has 0 N–H and O–H groups in total. The molecule has 0 radical (unpaired) electrons. The molecule has 0 bridgehead atoms. The van der Waals surface area contributed by atoms with Gasteiger partial charge in [-0.05, 0) is 29.9 Å². The number of ether oxygens (including phenoxy) is 1. The monoisotopic (exact) mass is 227 g/mol. The lowest BCUT2D eigenvalue weighted by atomic mass is 10.3. The highest BCUT2D eigenvalue weighted by molar-refractivity contribution is 7.98. The Hall–Kier alpha value is -0.480. The van der Waals surface area contributed by atoms with Gasteiger partial charge in [0.2, 0.25) is 5.90 Å². The maximum Gasteiger partial charge on any atom is 0.226 e. The summed E-state index contributed by atoms with van der Waals surface area (Å²) in [5, 5.41) is 2.05. The number of rotatable bonds is 4. The average Bonchev–Trinajstić information content (AvgIpc) is 2.85. The summed E-state index contributed by atoms with van der Waals surface area (Å²) in [7, 11) is 0. The Kier molecular flexibility index (Phi) is 3.48. The molecule has 0 saturated heterocycles. The number of hydrogen-bond donors (Lipinski definition) is 0. The maximum atomic E-state index is 5.56. The normalized spacial score (nSPS) is 20.6. The minimum absolute atomic E-state index is 0.375. The Bertz CT molecular complexity index is 308. The van der Waals surface area contributed by atoms with Gasteiger partial charge in [0, 0.05) is 0 Å². The van der Waals surface area contributed by atoms with Crippen LogP contribution in [0.15, 0.2) is 22.5 Å². The van der Waals surface area contributed by atoms with Gasteiger partial charge in [0.25, 0.3) is 0 Å². The molecular weight excluding hydrogens is 214 g/mol. The predicted octanol–water partition coefficient (Wildman–Crippen LogP) is 2.65.